The van der Waals surface area contributed by atoms with Gasteiger partial charge in [-0.15, -0.1) is 0 Å². The van der Waals surface area contributed by atoms with Crippen molar-refractivity contribution in [2.24, 2.45) is 7.05 Å². The Hall–Kier alpha value is -4.37. The van der Waals surface area contributed by atoms with Gasteiger partial charge >= 0.3 is 18.4 Å². The van der Waals surface area contributed by atoms with Gasteiger partial charge in [0.2, 0.25) is 5.95 Å². The van der Waals surface area contributed by atoms with Crippen LogP contribution in [0.15, 0.2) is 30.6 Å². The van der Waals surface area contributed by atoms with Gasteiger partial charge in [-0.3, -0.25) is 14.4 Å². The summed E-state index contributed by atoms with van der Waals surface area (Å²) in [5.74, 6) is 0.0926. The van der Waals surface area contributed by atoms with Crippen LogP contribution < -0.4 is 9.80 Å². The van der Waals surface area contributed by atoms with Crippen molar-refractivity contribution >= 4 is 23.8 Å². The predicted molar refractivity (Wildman–Crippen MR) is 159 cm³/mol. The van der Waals surface area contributed by atoms with Crippen LogP contribution in [0.5, 0.6) is 0 Å². The van der Waals surface area contributed by atoms with Crippen LogP contribution in [0.25, 0.3) is 0 Å². The lowest BCUT2D eigenvalue weighted by atomic mass is 9.90. The van der Waals surface area contributed by atoms with Gasteiger partial charge in [0.1, 0.15) is 5.82 Å². The number of halogens is 6. The second-order valence-electron chi connectivity index (χ2n) is 11.6. The smallest absolute Gasteiger partial charge is 0.416 e. The molecule has 47 heavy (non-hydrogen) atoms. The average Bonchev–Trinajstić information content (AvgIpc) is 3.66. The van der Waals surface area contributed by atoms with E-state index >= 15 is 0 Å². The van der Waals surface area contributed by atoms with E-state index in [1.54, 1.807) is 25.8 Å². The zero-order valence-corrected chi connectivity index (χ0v) is 26.3. The van der Waals surface area contributed by atoms with Crippen molar-refractivity contribution < 1.29 is 40.7 Å². The number of carbonyl (C=O) groups is 2. The minimum absolute atomic E-state index is 0.0208. The molecule has 10 nitrogen and oxygen atoms in total. The topological polar surface area (TPSA) is 96.7 Å². The first-order valence-corrected chi connectivity index (χ1v) is 15.3. The Morgan fingerprint density at radius 2 is 1.57 bits per heavy atom. The van der Waals surface area contributed by atoms with E-state index in [2.05, 4.69) is 15.1 Å². The lowest BCUT2D eigenvalue weighted by Crippen LogP contribution is -2.48. The van der Waals surface area contributed by atoms with Gasteiger partial charge in [0.25, 0.3) is 5.91 Å². The highest BCUT2D eigenvalue weighted by molar-refractivity contribution is 5.94. The number of hydrogen-bond acceptors (Lipinski definition) is 7. The van der Waals surface area contributed by atoms with E-state index < -0.39 is 48.2 Å². The molecule has 2 aliphatic rings. The normalized spacial score (nSPS) is 18.3. The zero-order chi connectivity index (χ0) is 34.3. The number of carbonyl (C=O) groups excluding carboxylic acids is 2. The highest BCUT2D eigenvalue weighted by Gasteiger charge is 2.44. The monoisotopic (exact) mass is 667 g/mol. The Morgan fingerprint density at radius 1 is 0.979 bits per heavy atom. The SMILES string of the molecule is CCOC(=O)N1c2c(c(C)nn2C)C(N(Cc2cc(C(F)(F)F)cc(C(F)(F)F)c2)c2ncc(C(=O)N3CCCC3)cn2)CC1CC. The third-order valence-corrected chi connectivity index (χ3v) is 8.51. The quantitative estimate of drug-likeness (QED) is 0.259. The van der Waals surface area contributed by atoms with Crippen molar-refractivity contribution in [3.63, 3.8) is 0 Å². The van der Waals surface area contributed by atoms with Gasteiger partial charge in [-0.1, -0.05) is 6.92 Å². The van der Waals surface area contributed by atoms with Crippen LogP contribution >= 0.6 is 0 Å². The van der Waals surface area contributed by atoms with Gasteiger partial charge in [-0.05, 0) is 63.3 Å². The fourth-order valence-electron chi connectivity index (χ4n) is 6.36. The summed E-state index contributed by atoms with van der Waals surface area (Å²) < 4.78 is 89.8. The van der Waals surface area contributed by atoms with E-state index in [1.807, 2.05) is 6.92 Å². The molecule has 0 bridgehead atoms. The molecular formula is C31H35F6N7O3. The van der Waals surface area contributed by atoms with Gasteiger partial charge in [0.15, 0.2) is 0 Å². The number of benzene rings is 1. The summed E-state index contributed by atoms with van der Waals surface area (Å²) >= 11 is 0. The maximum absolute atomic E-state index is 13.8. The molecule has 0 radical (unpaired) electrons. The maximum atomic E-state index is 13.8. The number of fused-ring (bicyclic) bond motifs is 1. The molecule has 1 aromatic carbocycles. The summed E-state index contributed by atoms with van der Waals surface area (Å²) in [5, 5.41) is 4.51. The second-order valence-corrected chi connectivity index (χ2v) is 11.6. The van der Waals surface area contributed by atoms with E-state index in [9.17, 15) is 35.9 Å². The lowest BCUT2D eigenvalue weighted by Gasteiger charge is -2.42. The number of amides is 2. The van der Waals surface area contributed by atoms with Crippen molar-refractivity contribution in [3.05, 3.63) is 64.1 Å². The van der Waals surface area contributed by atoms with Gasteiger partial charge in [-0.25, -0.2) is 14.8 Å². The van der Waals surface area contributed by atoms with Crippen LogP contribution in [0, 0.1) is 6.92 Å². The van der Waals surface area contributed by atoms with Crippen molar-refractivity contribution in [2.75, 3.05) is 29.5 Å². The molecule has 0 aliphatic carbocycles. The molecule has 254 valence electrons. The first-order valence-electron chi connectivity index (χ1n) is 15.3. The number of nitrogens with zero attached hydrogens (tertiary/aromatic N) is 7. The first-order chi connectivity index (χ1) is 22.1. The van der Waals surface area contributed by atoms with Crippen LogP contribution in [0.3, 0.4) is 0 Å². The molecule has 2 aliphatic heterocycles. The summed E-state index contributed by atoms with van der Waals surface area (Å²) in [7, 11) is 1.63. The van der Waals surface area contributed by atoms with Gasteiger partial charge < -0.3 is 14.5 Å². The van der Waals surface area contributed by atoms with E-state index in [-0.39, 0.29) is 42.1 Å². The third kappa shape index (κ3) is 6.86. The number of hydrogen-bond donors (Lipinski definition) is 0. The van der Waals surface area contributed by atoms with Gasteiger partial charge in [0.05, 0.1) is 35.0 Å². The second kappa shape index (κ2) is 13.0. The van der Waals surface area contributed by atoms with Crippen LogP contribution in [-0.2, 0) is 30.7 Å². The molecule has 0 spiro atoms. The number of ether oxygens (including phenoxy) is 1. The van der Waals surface area contributed by atoms with Crippen LogP contribution in [0.4, 0.5) is 42.9 Å². The minimum Gasteiger partial charge on any atom is -0.449 e. The van der Waals surface area contributed by atoms with Crippen molar-refractivity contribution in [1.82, 2.24) is 24.6 Å². The molecule has 3 aromatic rings. The average molecular weight is 668 g/mol. The Labute approximate surface area is 267 Å². The minimum atomic E-state index is -5.04. The zero-order valence-electron chi connectivity index (χ0n) is 26.3. The van der Waals surface area contributed by atoms with Crippen LogP contribution in [-0.4, -0.2) is 62.4 Å². The Bertz CT molecular complexity index is 1580. The number of aryl methyl sites for hydroxylation is 2. The highest BCUT2D eigenvalue weighted by atomic mass is 19.4. The van der Waals surface area contributed by atoms with E-state index in [0.717, 1.165) is 12.8 Å². The third-order valence-electron chi connectivity index (χ3n) is 8.51. The summed E-state index contributed by atoms with van der Waals surface area (Å²) in [6.07, 6.45) is -5.69. The summed E-state index contributed by atoms with van der Waals surface area (Å²) in [5.41, 5.74) is -1.96. The molecule has 4 heterocycles. The van der Waals surface area contributed by atoms with E-state index in [4.69, 9.17) is 4.74 Å². The first kappa shape index (κ1) is 34.0. The summed E-state index contributed by atoms with van der Waals surface area (Å²) in [6.45, 7) is 6.05. The molecule has 2 unspecified atom stereocenters. The molecule has 16 heteroatoms. The molecular weight excluding hydrogens is 632 g/mol. The van der Waals surface area contributed by atoms with Crippen molar-refractivity contribution in [1.29, 1.82) is 0 Å². The number of anilines is 2. The maximum Gasteiger partial charge on any atom is 0.416 e. The molecule has 2 amide bonds. The van der Waals surface area contributed by atoms with Gasteiger partial charge in [0, 0.05) is 50.7 Å². The Balaban J connectivity index is 1.65. The number of rotatable bonds is 7. The summed E-state index contributed by atoms with van der Waals surface area (Å²) in [6, 6.07) is 0.216. The number of alkyl halides is 6. The molecule has 0 saturated carbocycles. The number of likely N-dealkylation sites (tertiary alicyclic amines) is 1. The fraction of sp³-hybridized carbons (Fsp3) is 0.516. The Kier molecular flexibility index (Phi) is 9.42. The van der Waals surface area contributed by atoms with Crippen molar-refractivity contribution in [2.45, 2.75) is 77.4 Å². The molecule has 1 fully saturated rings. The van der Waals surface area contributed by atoms with Crippen LogP contribution in [0.2, 0.25) is 0 Å². The van der Waals surface area contributed by atoms with Crippen LogP contribution in [0.1, 0.15) is 83.9 Å². The fourth-order valence-corrected chi connectivity index (χ4v) is 6.36. The lowest BCUT2D eigenvalue weighted by molar-refractivity contribution is -0.143. The number of aromatic nitrogens is 4. The molecule has 5 rings (SSSR count). The largest absolute Gasteiger partial charge is 0.449 e. The van der Waals surface area contributed by atoms with E-state index in [0.29, 0.717) is 48.7 Å². The molecule has 0 N–H and O–H groups in total. The molecule has 2 atom stereocenters. The van der Waals surface area contributed by atoms with E-state index in [1.165, 1.54) is 26.9 Å². The molecule has 1 saturated heterocycles. The Morgan fingerprint density at radius 3 is 2.11 bits per heavy atom. The molecule has 2 aromatic heterocycles. The highest BCUT2D eigenvalue weighted by Crippen LogP contribution is 2.45. The standard InChI is InChI=1S/C31H35F6N7O3/c1-5-23-14-24(25-18(3)40-41(4)26(25)44(23)29(46)47-6-2)43(28-38-15-20(16-39-28)27(45)42-9-7-8-10-42)17-19-11-21(30(32,33)34)13-22(12-19)31(35,36)37/h11-13,15-16,23-24H,5-10,14,17H2,1-4H3. The summed E-state index contributed by atoms with van der Waals surface area (Å²) in [4.78, 5) is 39.7. The van der Waals surface area contributed by atoms with Gasteiger partial charge in [-0.2, -0.15) is 31.4 Å². The van der Waals surface area contributed by atoms with Crippen molar-refractivity contribution in [3.8, 4) is 0 Å². The predicted octanol–water partition coefficient (Wildman–Crippen LogP) is 6.69.